The number of carbonyl (C=O) groups is 1. The maximum Gasteiger partial charge on any atom is 0.236 e. The van der Waals surface area contributed by atoms with Crippen LogP contribution in [0.1, 0.15) is 20.3 Å². The minimum atomic E-state index is -0.167. The van der Waals surface area contributed by atoms with Crippen LogP contribution < -0.4 is 10.6 Å². The van der Waals surface area contributed by atoms with Gasteiger partial charge in [0, 0.05) is 18.6 Å². The van der Waals surface area contributed by atoms with Crippen LogP contribution in [0.3, 0.4) is 0 Å². The van der Waals surface area contributed by atoms with Crippen molar-refractivity contribution in [2.75, 3.05) is 13.1 Å². The van der Waals surface area contributed by atoms with Crippen LogP contribution in [0.2, 0.25) is 0 Å². The highest BCUT2D eigenvalue weighted by molar-refractivity contribution is 6.25. The van der Waals surface area contributed by atoms with E-state index in [0.717, 1.165) is 13.0 Å². The molecule has 1 amide bonds. The van der Waals surface area contributed by atoms with E-state index in [1.165, 1.54) is 5.54 Å². The largest absolute Gasteiger partial charge is 0.355 e. The number of amides is 1. The van der Waals surface area contributed by atoms with Gasteiger partial charge < -0.3 is 10.6 Å². The third-order valence-corrected chi connectivity index (χ3v) is 1.75. The molecule has 0 aromatic rings. The number of hydrogen-bond donors (Lipinski definition) is 2. The summed E-state index contributed by atoms with van der Waals surface area (Å²) in [7, 11) is 0. The lowest BCUT2D eigenvalue weighted by Crippen LogP contribution is -2.42. The second-order valence-corrected chi connectivity index (χ2v) is 3.03. The molecule has 0 fully saturated rings. The van der Waals surface area contributed by atoms with Crippen LogP contribution in [0.25, 0.3) is 0 Å². The van der Waals surface area contributed by atoms with Crippen molar-refractivity contribution in [3.63, 3.8) is 0 Å². The highest BCUT2D eigenvalue weighted by Gasteiger charge is 2.09. The lowest BCUT2D eigenvalue weighted by Gasteiger charge is -2.11. The second kappa shape index (κ2) is 8.08. The maximum absolute atomic E-state index is 11.3. The number of rotatable bonds is 6. The SMILES string of the molecule is CCCNC(=O)C(C)NC/C=C/Cl. The molecule has 0 aliphatic rings. The Balaban J connectivity index is 3.56. The van der Waals surface area contributed by atoms with Crippen LogP contribution in [-0.4, -0.2) is 25.0 Å². The molecule has 0 aromatic heterocycles. The molecule has 0 aliphatic heterocycles. The maximum atomic E-state index is 11.3. The molecular formula is C9H17ClN2O. The molecule has 0 radical (unpaired) electrons. The highest BCUT2D eigenvalue weighted by Crippen LogP contribution is 1.83. The van der Waals surface area contributed by atoms with Crippen molar-refractivity contribution in [2.24, 2.45) is 0 Å². The van der Waals surface area contributed by atoms with Gasteiger partial charge in [0.25, 0.3) is 0 Å². The van der Waals surface area contributed by atoms with Gasteiger partial charge in [-0.3, -0.25) is 4.79 Å². The zero-order chi connectivity index (χ0) is 10.1. The van der Waals surface area contributed by atoms with Gasteiger partial charge >= 0.3 is 0 Å². The van der Waals surface area contributed by atoms with Crippen LogP contribution in [0.4, 0.5) is 0 Å². The fourth-order valence-corrected chi connectivity index (χ4v) is 0.872. The van der Waals surface area contributed by atoms with Crippen molar-refractivity contribution >= 4 is 17.5 Å². The van der Waals surface area contributed by atoms with Crippen molar-refractivity contribution < 1.29 is 4.79 Å². The first-order valence-corrected chi connectivity index (χ1v) is 4.92. The first-order chi connectivity index (χ1) is 6.22. The van der Waals surface area contributed by atoms with Crippen molar-refractivity contribution in [2.45, 2.75) is 26.3 Å². The Kier molecular flexibility index (Phi) is 7.74. The van der Waals surface area contributed by atoms with Crippen molar-refractivity contribution in [1.29, 1.82) is 0 Å². The summed E-state index contributed by atoms with van der Waals surface area (Å²) >= 11 is 5.33. The average molecular weight is 205 g/mol. The summed E-state index contributed by atoms with van der Waals surface area (Å²) in [6.45, 7) is 5.20. The molecule has 4 heteroatoms. The topological polar surface area (TPSA) is 41.1 Å². The van der Waals surface area contributed by atoms with E-state index >= 15 is 0 Å². The summed E-state index contributed by atoms with van der Waals surface area (Å²) in [6, 6.07) is -0.167. The molecule has 1 unspecified atom stereocenters. The molecule has 0 aliphatic carbocycles. The Morgan fingerprint density at radius 2 is 2.31 bits per heavy atom. The van der Waals surface area contributed by atoms with Crippen LogP contribution in [-0.2, 0) is 4.79 Å². The Morgan fingerprint density at radius 1 is 1.62 bits per heavy atom. The van der Waals surface area contributed by atoms with E-state index in [2.05, 4.69) is 10.6 Å². The Labute approximate surface area is 84.5 Å². The van der Waals surface area contributed by atoms with Gasteiger partial charge in [-0.15, -0.1) is 0 Å². The van der Waals surface area contributed by atoms with Gasteiger partial charge in [-0.25, -0.2) is 0 Å². The quantitative estimate of drug-likeness (QED) is 0.684. The third-order valence-electron chi connectivity index (χ3n) is 1.57. The van der Waals surface area contributed by atoms with Crippen LogP contribution in [0, 0.1) is 0 Å². The number of carbonyl (C=O) groups excluding carboxylic acids is 1. The summed E-state index contributed by atoms with van der Waals surface area (Å²) < 4.78 is 0. The predicted molar refractivity (Wildman–Crippen MR) is 55.8 cm³/mol. The first kappa shape index (κ1) is 12.5. The molecule has 13 heavy (non-hydrogen) atoms. The van der Waals surface area contributed by atoms with Gasteiger partial charge in [0.15, 0.2) is 0 Å². The highest BCUT2D eigenvalue weighted by atomic mass is 35.5. The molecule has 3 nitrogen and oxygen atoms in total. The van der Waals surface area contributed by atoms with E-state index in [9.17, 15) is 4.79 Å². The number of halogens is 1. The zero-order valence-electron chi connectivity index (χ0n) is 8.14. The van der Waals surface area contributed by atoms with E-state index in [4.69, 9.17) is 11.6 Å². The van der Waals surface area contributed by atoms with Gasteiger partial charge in [0.2, 0.25) is 5.91 Å². The average Bonchev–Trinajstić information content (AvgIpc) is 2.14. The van der Waals surface area contributed by atoms with Gasteiger partial charge in [0.05, 0.1) is 6.04 Å². The summed E-state index contributed by atoms with van der Waals surface area (Å²) in [5.74, 6) is 0.0322. The van der Waals surface area contributed by atoms with E-state index < -0.39 is 0 Å². The summed E-state index contributed by atoms with van der Waals surface area (Å²) in [5.41, 5.74) is 1.43. The lowest BCUT2D eigenvalue weighted by molar-refractivity contribution is -0.122. The van der Waals surface area contributed by atoms with E-state index in [0.29, 0.717) is 6.54 Å². The van der Waals surface area contributed by atoms with Crippen molar-refractivity contribution in [3.05, 3.63) is 11.6 Å². The number of hydrogen-bond acceptors (Lipinski definition) is 2. The van der Waals surface area contributed by atoms with E-state index in [1.807, 2.05) is 13.8 Å². The van der Waals surface area contributed by atoms with Crippen molar-refractivity contribution in [1.82, 2.24) is 10.6 Å². The molecule has 0 heterocycles. The fraction of sp³-hybridized carbons (Fsp3) is 0.667. The first-order valence-electron chi connectivity index (χ1n) is 4.48. The molecule has 0 rings (SSSR count). The summed E-state index contributed by atoms with van der Waals surface area (Å²) in [4.78, 5) is 11.3. The second-order valence-electron chi connectivity index (χ2n) is 2.78. The van der Waals surface area contributed by atoms with Gasteiger partial charge in [-0.1, -0.05) is 24.6 Å². The molecule has 0 bridgehead atoms. The molecule has 1 atom stereocenters. The smallest absolute Gasteiger partial charge is 0.236 e. The van der Waals surface area contributed by atoms with Crippen LogP contribution in [0.5, 0.6) is 0 Å². The monoisotopic (exact) mass is 204 g/mol. The molecule has 0 saturated carbocycles. The van der Waals surface area contributed by atoms with Gasteiger partial charge in [-0.05, 0) is 13.3 Å². The molecular weight excluding hydrogens is 188 g/mol. The minimum absolute atomic E-state index is 0.0322. The lowest BCUT2D eigenvalue weighted by atomic mass is 10.3. The Bertz CT molecular complexity index is 171. The molecule has 0 saturated heterocycles. The van der Waals surface area contributed by atoms with E-state index in [1.54, 1.807) is 6.08 Å². The van der Waals surface area contributed by atoms with Crippen molar-refractivity contribution in [3.8, 4) is 0 Å². The zero-order valence-corrected chi connectivity index (χ0v) is 8.90. The number of nitrogens with one attached hydrogen (secondary N) is 2. The molecule has 0 aromatic carbocycles. The summed E-state index contributed by atoms with van der Waals surface area (Å²) in [6.07, 6.45) is 2.71. The molecule has 0 spiro atoms. The Morgan fingerprint density at radius 3 is 2.85 bits per heavy atom. The normalized spacial score (nSPS) is 13.2. The van der Waals surface area contributed by atoms with Gasteiger partial charge in [0.1, 0.15) is 0 Å². The van der Waals surface area contributed by atoms with Gasteiger partial charge in [-0.2, -0.15) is 0 Å². The fourth-order valence-electron chi connectivity index (χ4n) is 0.783. The Hall–Kier alpha value is -0.540. The van der Waals surface area contributed by atoms with E-state index in [-0.39, 0.29) is 11.9 Å². The van der Waals surface area contributed by atoms with Crippen LogP contribution >= 0.6 is 11.6 Å². The summed E-state index contributed by atoms with van der Waals surface area (Å²) in [5, 5.41) is 5.81. The minimum Gasteiger partial charge on any atom is -0.355 e. The van der Waals surface area contributed by atoms with Crippen LogP contribution in [0.15, 0.2) is 11.6 Å². The molecule has 76 valence electrons. The predicted octanol–water partition coefficient (Wildman–Crippen LogP) is 1.24. The molecule has 2 N–H and O–H groups in total. The third kappa shape index (κ3) is 6.61. The standard InChI is InChI=1S/C9H17ClN2O/c1-3-6-12-9(13)8(2)11-7-4-5-10/h4-5,8,11H,3,6-7H2,1-2H3,(H,12,13)/b5-4+.